The van der Waals surface area contributed by atoms with Gasteiger partial charge in [-0.15, -0.1) is 0 Å². The van der Waals surface area contributed by atoms with Gasteiger partial charge in [-0.05, 0) is 30.3 Å². The highest BCUT2D eigenvalue weighted by Crippen LogP contribution is 2.39. The molecular formula is C24H24Cl2N6O4. The van der Waals surface area contributed by atoms with E-state index in [1.54, 1.807) is 16.8 Å². The maximum Gasteiger partial charge on any atom is 0.349 e. The van der Waals surface area contributed by atoms with Crippen LogP contribution >= 0.6 is 23.2 Å². The molecule has 0 aliphatic rings. The van der Waals surface area contributed by atoms with Crippen LogP contribution in [0.3, 0.4) is 0 Å². The summed E-state index contributed by atoms with van der Waals surface area (Å²) < 4.78 is 8.62. The van der Waals surface area contributed by atoms with Crippen molar-refractivity contribution >= 4 is 29.0 Å². The molecule has 0 spiro atoms. The van der Waals surface area contributed by atoms with Crippen LogP contribution in [0.4, 0.5) is 5.82 Å². The number of hydrogen-bond acceptors (Lipinski definition) is 7. The second kappa shape index (κ2) is 9.71. The van der Waals surface area contributed by atoms with Gasteiger partial charge in [-0.1, -0.05) is 44.0 Å². The number of aromatic hydroxyl groups is 1. The minimum atomic E-state index is -0.734. The molecule has 188 valence electrons. The molecule has 0 atom stereocenters. The van der Waals surface area contributed by atoms with Crippen molar-refractivity contribution in [3.8, 4) is 22.9 Å². The van der Waals surface area contributed by atoms with E-state index in [1.807, 2.05) is 13.1 Å². The molecule has 4 rings (SSSR count). The van der Waals surface area contributed by atoms with Gasteiger partial charge < -0.3 is 15.2 Å². The predicted molar refractivity (Wildman–Crippen MR) is 138 cm³/mol. The number of nitrogens with zero attached hydrogens (tertiary/aromatic N) is 4. The molecule has 0 aliphatic heterocycles. The fraction of sp³-hybridized carbons (Fsp3) is 0.250. The summed E-state index contributed by atoms with van der Waals surface area (Å²) in [5.41, 5.74) is 0.328. The Balaban J connectivity index is 1.56. The van der Waals surface area contributed by atoms with Crippen LogP contribution in [0.2, 0.25) is 10.0 Å². The van der Waals surface area contributed by atoms with Gasteiger partial charge in [0.2, 0.25) is 0 Å². The Morgan fingerprint density at radius 1 is 1.11 bits per heavy atom. The topological polar surface area (TPSA) is 127 Å². The third kappa shape index (κ3) is 5.39. The molecule has 0 fully saturated rings. The molecule has 0 unspecified atom stereocenters. The lowest BCUT2D eigenvalue weighted by Gasteiger charge is -2.14. The second-order valence-electron chi connectivity index (χ2n) is 9.12. The van der Waals surface area contributed by atoms with E-state index in [0.717, 1.165) is 22.4 Å². The van der Waals surface area contributed by atoms with Gasteiger partial charge in [0.1, 0.15) is 23.5 Å². The molecule has 2 aromatic heterocycles. The lowest BCUT2D eigenvalue weighted by Crippen LogP contribution is -2.30. The molecule has 36 heavy (non-hydrogen) atoms. The zero-order valence-corrected chi connectivity index (χ0v) is 21.5. The van der Waals surface area contributed by atoms with Gasteiger partial charge in [0.05, 0.1) is 21.4 Å². The number of aromatic nitrogens is 5. The molecule has 0 saturated heterocycles. The normalized spacial score (nSPS) is 11.5. The molecule has 0 aliphatic carbocycles. The molecule has 3 N–H and O–H groups in total. The summed E-state index contributed by atoms with van der Waals surface area (Å²) in [5.74, 6) is 1.44. The first kappa shape index (κ1) is 25.3. The second-order valence-corrected chi connectivity index (χ2v) is 9.94. The fourth-order valence-corrected chi connectivity index (χ4v) is 3.93. The van der Waals surface area contributed by atoms with Crippen LogP contribution in [0.15, 0.2) is 52.2 Å². The van der Waals surface area contributed by atoms with E-state index in [1.165, 1.54) is 18.2 Å². The van der Waals surface area contributed by atoms with Gasteiger partial charge in [-0.3, -0.25) is 14.5 Å². The number of H-pyrrole nitrogens is 1. The number of aryl methyl sites for hydroxylation is 1. The van der Waals surface area contributed by atoms with Crippen LogP contribution < -0.4 is 21.3 Å². The molecule has 0 radical (unpaired) electrons. The average Bonchev–Trinajstić information content (AvgIpc) is 3.17. The number of rotatable bonds is 6. The minimum absolute atomic E-state index is 0.0872. The Bertz CT molecular complexity index is 1530. The molecule has 4 aromatic rings. The Kier molecular flexibility index (Phi) is 6.83. The Labute approximate surface area is 216 Å². The average molecular weight is 531 g/mol. The van der Waals surface area contributed by atoms with Crippen molar-refractivity contribution in [1.29, 1.82) is 0 Å². The summed E-state index contributed by atoms with van der Waals surface area (Å²) in [4.78, 5) is 25.4. The van der Waals surface area contributed by atoms with Crippen LogP contribution in [0, 0.1) is 0 Å². The molecular weight excluding hydrogens is 507 g/mol. The van der Waals surface area contributed by atoms with Crippen molar-refractivity contribution < 1.29 is 9.84 Å². The smallest absolute Gasteiger partial charge is 0.349 e. The molecule has 12 heteroatoms. The van der Waals surface area contributed by atoms with E-state index < -0.39 is 11.2 Å². The summed E-state index contributed by atoms with van der Waals surface area (Å²) >= 11 is 12.8. The fourth-order valence-electron chi connectivity index (χ4n) is 3.37. The summed E-state index contributed by atoms with van der Waals surface area (Å²) in [7, 11) is 1.85. The highest BCUT2D eigenvalue weighted by Gasteiger charge is 2.19. The Morgan fingerprint density at radius 2 is 1.81 bits per heavy atom. The quantitative estimate of drug-likeness (QED) is 0.337. The molecule has 2 heterocycles. The Hall–Kier alpha value is -3.76. The lowest BCUT2D eigenvalue weighted by molar-refractivity contribution is 0.458. The highest BCUT2D eigenvalue weighted by molar-refractivity contribution is 6.37. The summed E-state index contributed by atoms with van der Waals surface area (Å²) in [6.45, 7) is 6.57. The van der Waals surface area contributed by atoms with E-state index in [2.05, 4.69) is 41.3 Å². The number of nitrogens with one attached hydrogen (secondary N) is 2. The first-order valence-corrected chi connectivity index (χ1v) is 11.6. The van der Waals surface area contributed by atoms with Crippen LogP contribution in [0.1, 0.15) is 32.0 Å². The standard InChI is InChI=1S/C24H24Cl2N6O4/c1-24(2,3)19-10-20(31(4)30-19)27-11-13-7-15(5-6-18(13)33)36-22-16(25)8-14(9-17(22)26)32-23(35)29-21(34)12-28-32/h5-10,12,27,33H,11H2,1-4H3,(H,29,34,35). The van der Waals surface area contributed by atoms with Gasteiger partial charge in [0.25, 0.3) is 5.56 Å². The number of anilines is 1. The summed E-state index contributed by atoms with van der Waals surface area (Å²) in [6, 6.07) is 9.60. The molecule has 0 saturated carbocycles. The largest absolute Gasteiger partial charge is 0.508 e. The van der Waals surface area contributed by atoms with E-state index in [-0.39, 0.29) is 32.6 Å². The monoisotopic (exact) mass is 530 g/mol. The van der Waals surface area contributed by atoms with Gasteiger partial charge >= 0.3 is 5.69 Å². The van der Waals surface area contributed by atoms with Crippen molar-refractivity contribution in [2.24, 2.45) is 7.05 Å². The summed E-state index contributed by atoms with van der Waals surface area (Å²) in [5, 5.41) is 22.2. The number of ether oxygens (including phenoxy) is 1. The van der Waals surface area contributed by atoms with Crippen LogP contribution in [0.25, 0.3) is 5.69 Å². The van der Waals surface area contributed by atoms with E-state index in [9.17, 15) is 14.7 Å². The number of benzene rings is 2. The van der Waals surface area contributed by atoms with Crippen LogP contribution in [-0.4, -0.2) is 29.7 Å². The first-order valence-electron chi connectivity index (χ1n) is 10.9. The lowest BCUT2D eigenvalue weighted by atomic mass is 9.92. The van der Waals surface area contributed by atoms with Crippen molar-refractivity contribution in [1.82, 2.24) is 24.5 Å². The highest BCUT2D eigenvalue weighted by atomic mass is 35.5. The van der Waals surface area contributed by atoms with Crippen molar-refractivity contribution in [3.63, 3.8) is 0 Å². The number of halogens is 2. The third-order valence-corrected chi connectivity index (χ3v) is 5.88. The maximum atomic E-state index is 12.0. The van der Waals surface area contributed by atoms with E-state index >= 15 is 0 Å². The zero-order chi connectivity index (χ0) is 26.2. The number of phenolic OH excluding ortho intramolecular Hbond substituents is 1. The molecule has 0 bridgehead atoms. The van der Waals surface area contributed by atoms with Gasteiger partial charge in [-0.2, -0.15) is 14.9 Å². The van der Waals surface area contributed by atoms with Crippen molar-refractivity contribution in [2.45, 2.75) is 32.7 Å². The molecule has 0 amide bonds. The zero-order valence-electron chi connectivity index (χ0n) is 20.0. The Morgan fingerprint density at radius 3 is 2.42 bits per heavy atom. The third-order valence-electron chi connectivity index (χ3n) is 5.32. The van der Waals surface area contributed by atoms with E-state index in [0.29, 0.717) is 17.9 Å². The summed E-state index contributed by atoms with van der Waals surface area (Å²) in [6.07, 6.45) is 0.967. The van der Waals surface area contributed by atoms with Gasteiger partial charge in [0.15, 0.2) is 5.75 Å². The number of phenols is 1. The SMILES string of the molecule is Cn1nc(C(C)(C)C)cc1NCc1cc(Oc2c(Cl)cc(-n3ncc(=O)[nH]c3=O)cc2Cl)ccc1O. The molecule has 2 aromatic carbocycles. The predicted octanol–water partition coefficient (Wildman–Crippen LogP) is 4.37. The van der Waals surface area contributed by atoms with Crippen LogP contribution in [-0.2, 0) is 19.0 Å². The number of hydrogen-bond donors (Lipinski definition) is 3. The first-order chi connectivity index (χ1) is 16.9. The van der Waals surface area contributed by atoms with E-state index in [4.69, 9.17) is 27.9 Å². The van der Waals surface area contributed by atoms with Gasteiger partial charge in [-0.25, -0.2) is 4.79 Å². The van der Waals surface area contributed by atoms with Crippen molar-refractivity contribution in [3.05, 3.63) is 84.7 Å². The van der Waals surface area contributed by atoms with Crippen molar-refractivity contribution in [2.75, 3.05) is 5.32 Å². The minimum Gasteiger partial charge on any atom is -0.508 e. The van der Waals surface area contributed by atoms with Gasteiger partial charge in [0, 0.05) is 30.6 Å². The number of aromatic amines is 1. The van der Waals surface area contributed by atoms with Crippen LogP contribution in [0.5, 0.6) is 17.2 Å². The molecule has 10 nitrogen and oxygen atoms in total. The maximum absolute atomic E-state index is 12.0.